The molecule has 0 fully saturated rings. The van der Waals surface area contributed by atoms with Gasteiger partial charge in [0, 0.05) is 17.1 Å². The second-order valence-electron chi connectivity index (χ2n) is 9.45. The molecule has 0 bridgehead atoms. The van der Waals surface area contributed by atoms with Gasteiger partial charge < -0.3 is 15.0 Å². The summed E-state index contributed by atoms with van der Waals surface area (Å²) >= 11 is 0. The number of hydrogen-bond acceptors (Lipinski definition) is 2. The van der Waals surface area contributed by atoms with Crippen molar-refractivity contribution in [1.82, 2.24) is 10.3 Å². The van der Waals surface area contributed by atoms with Crippen LogP contribution in [0.4, 0.5) is 0 Å². The van der Waals surface area contributed by atoms with Gasteiger partial charge in [-0.3, -0.25) is 4.79 Å². The third-order valence-electron chi connectivity index (χ3n) is 6.20. The molecule has 1 aromatic heterocycles. The van der Waals surface area contributed by atoms with E-state index in [1.165, 1.54) is 16.5 Å². The van der Waals surface area contributed by atoms with Crippen LogP contribution in [0, 0.1) is 5.92 Å². The number of amides is 1. The van der Waals surface area contributed by atoms with Crippen molar-refractivity contribution in [2.24, 2.45) is 5.92 Å². The molecule has 1 amide bonds. The molecular weight excluding hydrogens is 420 g/mol. The number of carbonyl (C=O) groups excluding carboxylic acids is 1. The van der Waals surface area contributed by atoms with Crippen molar-refractivity contribution in [2.45, 2.75) is 45.6 Å². The molecule has 0 aliphatic heterocycles. The predicted octanol–water partition coefficient (Wildman–Crippen LogP) is 6.28. The number of hydrogen-bond donors (Lipinski definition) is 2. The van der Waals surface area contributed by atoms with Crippen molar-refractivity contribution in [3.8, 4) is 5.75 Å². The standard InChI is InChI=1S/C30H34N2O2/c1-21(2)17-23-13-15-24(16-14-23)22(3)30(33)32-26(20-34-27-9-5-4-6-10-27)18-25-19-31-29-12-8-7-11-28(25)29/h4-16,19,21-22,26,31H,17-18,20H2,1-3H3,(H,32,33)/t22?,26-/m0/s1. The van der Waals surface area contributed by atoms with Crippen LogP contribution < -0.4 is 10.1 Å². The highest BCUT2D eigenvalue weighted by atomic mass is 16.5. The summed E-state index contributed by atoms with van der Waals surface area (Å²) in [5.74, 6) is 1.18. The topological polar surface area (TPSA) is 54.1 Å². The number of nitrogens with one attached hydrogen (secondary N) is 2. The number of carbonyl (C=O) groups is 1. The molecule has 0 saturated heterocycles. The van der Waals surface area contributed by atoms with Crippen LogP contribution in [0.5, 0.6) is 5.75 Å². The average molecular weight is 455 g/mol. The quantitative estimate of drug-likeness (QED) is 0.296. The van der Waals surface area contributed by atoms with Gasteiger partial charge in [0.1, 0.15) is 12.4 Å². The van der Waals surface area contributed by atoms with Crippen LogP contribution >= 0.6 is 0 Å². The summed E-state index contributed by atoms with van der Waals surface area (Å²) in [7, 11) is 0. The molecule has 2 atom stereocenters. The van der Waals surface area contributed by atoms with E-state index >= 15 is 0 Å². The number of aromatic nitrogens is 1. The number of aromatic amines is 1. The van der Waals surface area contributed by atoms with E-state index in [4.69, 9.17) is 4.74 Å². The van der Waals surface area contributed by atoms with Gasteiger partial charge >= 0.3 is 0 Å². The fraction of sp³-hybridized carbons (Fsp3) is 0.300. The first kappa shape index (κ1) is 23.6. The number of ether oxygens (including phenoxy) is 1. The van der Waals surface area contributed by atoms with Crippen molar-refractivity contribution in [3.05, 3.63) is 102 Å². The van der Waals surface area contributed by atoms with E-state index in [-0.39, 0.29) is 17.9 Å². The zero-order chi connectivity index (χ0) is 23.9. The Balaban J connectivity index is 1.47. The zero-order valence-corrected chi connectivity index (χ0v) is 20.3. The number of H-pyrrole nitrogens is 1. The third kappa shape index (κ3) is 6.07. The SMILES string of the molecule is CC(C)Cc1ccc(C(C)C(=O)N[C@H](COc2ccccc2)Cc2c[nH]c3ccccc23)cc1. The largest absolute Gasteiger partial charge is 0.491 e. The van der Waals surface area contributed by atoms with E-state index < -0.39 is 0 Å². The number of para-hydroxylation sites is 2. The van der Waals surface area contributed by atoms with Crippen molar-refractivity contribution < 1.29 is 9.53 Å². The smallest absolute Gasteiger partial charge is 0.227 e. The first-order chi connectivity index (χ1) is 16.5. The average Bonchev–Trinajstić information content (AvgIpc) is 3.25. The van der Waals surface area contributed by atoms with Crippen molar-refractivity contribution in [3.63, 3.8) is 0 Å². The highest BCUT2D eigenvalue weighted by molar-refractivity contribution is 5.84. The molecule has 0 radical (unpaired) electrons. The maximum Gasteiger partial charge on any atom is 0.227 e. The molecule has 1 heterocycles. The van der Waals surface area contributed by atoms with Crippen molar-refractivity contribution in [2.75, 3.05) is 6.61 Å². The summed E-state index contributed by atoms with van der Waals surface area (Å²) in [6.45, 7) is 6.80. The van der Waals surface area contributed by atoms with Gasteiger partial charge in [-0.05, 0) is 60.6 Å². The van der Waals surface area contributed by atoms with Crippen LogP contribution in [0.15, 0.2) is 85.1 Å². The predicted molar refractivity (Wildman–Crippen MR) is 139 cm³/mol. The lowest BCUT2D eigenvalue weighted by Crippen LogP contribution is -2.42. The lowest BCUT2D eigenvalue weighted by Gasteiger charge is -2.22. The lowest BCUT2D eigenvalue weighted by molar-refractivity contribution is -0.123. The molecular formula is C30H34N2O2. The van der Waals surface area contributed by atoms with Crippen LogP contribution in [-0.4, -0.2) is 23.5 Å². The second-order valence-corrected chi connectivity index (χ2v) is 9.45. The molecule has 0 aliphatic rings. The Morgan fingerprint density at radius 3 is 2.32 bits per heavy atom. The van der Waals surface area contributed by atoms with Gasteiger partial charge in [-0.2, -0.15) is 0 Å². The number of fused-ring (bicyclic) bond motifs is 1. The Kier molecular flexibility index (Phi) is 7.69. The minimum Gasteiger partial charge on any atom is -0.491 e. The molecule has 0 spiro atoms. The van der Waals surface area contributed by atoms with E-state index in [9.17, 15) is 4.79 Å². The molecule has 2 N–H and O–H groups in total. The molecule has 34 heavy (non-hydrogen) atoms. The molecule has 0 saturated carbocycles. The number of benzene rings is 3. The Bertz CT molecular complexity index is 1200. The Hall–Kier alpha value is -3.53. The maximum absolute atomic E-state index is 13.2. The Morgan fingerprint density at radius 2 is 1.59 bits per heavy atom. The normalized spacial score (nSPS) is 13.1. The highest BCUT2D eigenvalue weighted by Gasteiger charge is 2.21. The van der Waals surface area contributed by atoms with Gasteiger partial charge in [0.05, 0.1) is 12.0 Å². The van der Waals surface area contributed by atoms with Crippen LogP contribution in [-0.2, 0) is 17.6 Å². The maximum atomic E-state index is 13.2. The highest BCUT2D eigenvalue weighted by Crippen LogP contribution is 2.21. The number of rotatable bonds is 10. The summed E-state index contributed by atoms with van der Waals surface area (Å²) < 4.78 is 6.04. The molecule has 176 valence electrons. The molecule has 4 aromatic rings. The van der Waals surface area contributed by atoms with E-state index in [1.807, 2.05) is 55.6 Å². The van der Waals surface area contributed by atoms with E-state index in [1.54, 1.807) is 0 Å². The fourth-order valence-electron chi connectivity index (χ4n) is 4.32. The Morgan fingerprint density at radius 1 is 0.882 bits per heavy atom. The summed E-state index contributed by atoms with van der Waals surface area (Å²) in [5, 5.41) is 4.43. The monoisotopic (exact) mass is 454 g/mol. The van der Waals surface area contributed by atoms with Gasteiger partial charge in [-0.25, -0.2) is 0 Å². The Labute approximate surface area is 202 Å². The van der Waals surface area contributed by atoms with Gasteiger partial charge in [-0.1, -0.05) is 74.5 Å². The summed E-state index contributed by atoms with van der Waals surface area (Å²) in [6.07, 6.45) is 3.76. The van der Waals surface area contributed by atoms with Gasteiger partial charge in [-0.15, -0.1) is 0 Å². The summed E-state index contributed by atoms with van der Waals surface area (Å²) in [4.78, 5) is 16.6. The minimum absolute atomic E-state index is 0.0121. The first-order valence-electron chi connectivity index (χ1n) is 12.1. The van der Waals surface area contributed by atoms with Gasteiger partial charge in [0.15, 0.2) is 0 Å². The van der Waals surface area contributed by atoms with E-state index in [0.29, 0.717) is 18.9 Å². The van der Waals surface area contributed by atoms with Gasteiger partial charge in [0.25, 0.3) is 0 Å². The van der Waals surface area contributed by atoms with Crippen LogP contribution in [0.25, 0.3) is 10.9 Å². The first-order valence-corrected chi connectivity index (χ1v) is 12.1. The second kappa shape index (κ2) is 11.1. The van der Waals surface area contributed by atoms with Gasteiger partial charge in [0.2, 0.25) is 5.91 Å². The summed E-state index contributed by atoms with van der Waals surface area (Å²) in [5.41, 5.74) is 4.60. The van der Waals surface area contributed by atoms with Crippen LogP contribution in [0.2, 0.25) is 0 Å². The minimum atomic E-state index is -0.240. The van der Waals surface area contributed by atoms with Crippen molar-refractivity contribution >= 4 is 16.8 Å². The van der Waals surface area contributed by atoms with Crippen molar-refractivity contribution in [1.29, 1.82) is 0 Å². The van der Waals surface area contributed by atoms with Crippen LogP contribution in [0.3, 0.4) is 0 Å². The molecule has 4 rings (SSSR count). The lowest BCUT2D eigenvalue weighted by atomic mass is 9.95. The van der Waals surface area contributed by atoms with Crippen LogP contribution in [0.1, 0.15) is 43.4 Å². The molecule has 4 nitrogen and oxygen atoms in total. The summed E-state index contributed by atoms with van der Waals surface area (Å²) in [6, 6.07) is 26.3. The fourth-order valence-corrected chi connectivity index (χ4v) is 4.32. The zero-order valence-electron chi connectivity index (χ0n) is 20.3. The molecule has 3 aromatic carbocycles. The molecule has 0 aliphatic carbocycles. The third-order valence-corrected chi connectivity index (χ3v) is 6.20. The van der Waals surface area contributed by atoms with E-state index in [0.717, 1.165) is 23.3 Å². The molecule has 1 unspecified atom stereocenters. The molecule has 4 heteroatoms. The van der Waals surface area contributed by atoms with E-state index in [2.05, 4.69) is 60.5 Å².